The van der Waals surface area contributed by atoms with Crippen LogP contribution in [0.4, 0.5) is 11.5 Å². The van der Waals surface area contributed by atoms with Gasteiger partial charge in [-0.15, -0.1) is 0 Å². The summed E-state index contributed by atoms with van der Waals surface area (Å²) in [5, 5.41) is 12.5. The number of hydrogen-bond acceptors (Lipinski definition) is 5. The first-order valence-electron chi connectivity index (χ1n) is 9.65. The monoisotopic (exact) mass is 374 g/mol. The number of aryl methyl sites for hydroxylation is 1. The summed E-state index contributed by atoms with van der Waals surface area (Å²) in [6.45, 7) is 3.89. The fraction of sp³-hybridized carbons (Fsp3) is 0.286. The van der Waals surface area contributed by atoms with E-state index in [-0.39, 0.29) is 5.56 Å². The predicted octanol–water partition coefficient (Wildman–Crippen LogP) is 3.09. The summed E-state index contributed by atoms with van der Waals surface area (Å²) in [5.41, 5.74) is 4.28. The molecule has 1 fully saturated rings. The summed E-state index contributed by atoms with van der Waals surface area (Å²) in [7, 11) is 0. The molecule has 0 spiro atoms. The number of rotatable bonds is 3. The Hall–Kier alpha value is -3.19. The van der Waals surface area contributed by atoms with Crippen LogP contribution in [0.1, 0.15) is 30.1 Å². The number of aromatic nitrogens is 4. The van der Waals surface area contributed by atoms with Gasteiger partial charge in [-0.2, -0.15) is 5.10 Å². The van der Waals surface area contributed by atoms with Crippen molar-refractivity contribution in [3.8, 4) is 0 Å². The van der Waals surface area contributed by atoms with Gasteiger partial charge in [0.1, 0.15) is 11.5 Å². The van der Waals surface area contributed by atoms with E-state index in [1.807, 2.05) is 47.8 Å². The number of H-pyrrole nitrogens is 1. The molecule has 4 heterocycles. The minimum Gasteiger partial charge on any atom is -0.340 e. The quantitative estimate of drug-likeness (QED) is 0.513. The Morgan fingerprint density at radius 3 is 2.79 bits per heavy atom. The number of nitrogens with one attached hydrogen (secondary N) is 3. The Balaban J connectivity index is 1.70. The molecule has 1 aliphatic rings. The van der Waals surface area contributed by atoms with Crippen molar-refractivity contribution in [3.63, 3.8) is 0 Å². The second kappa shape index (κ2) is 6.76. The molecule has 0 saturated carbocycles. The van der Waals surface area contributed by atoms with Gasteiger partial charge in [-0.3, -0.25) is 4.79 Å². The molecular weight excluding hydrogens is 352 g/mol. The van der Waals surface area contributed by atoms with Crippen LogP contribution in [0.3, 0.4) is 0 Å². The SMILES string of the molecule is Cc1cccc(Nc2cccc3nn4c(C5CCNCC5)cc(=O)[nH]c4c23)n1. The number of aromatic amines is 1. The number of fused-ring (bicyclic) bond motifs is 3. The van der Waals surface area contributed by atoms with Crippen LogP contribution in [0.5, 0.6) is 0 Å². The van der Waals surface area contributed by atoms with Crippen LogP contribution in [0.2, 0.25) is 0 Å². The summed E-state index contributed by atoms with van der Waals surface area (Å²) < 4.78 is 1.91. The van der Waals surface area contributed by atoms with Crippen molar-refractivity contribution < 1.29 is 0 Å². The summed E-state index contributed by atoms with van der Waals surface area (Å²) in [6, 6.07) is 13.5. The van der Waals surface area contributed by atoms with E-state index >= 15 is 0 Å². The van der Waals surface area contributed by atoms with E-state index in [9.17, 15) is 4.79 Å². The van der Waals surface area contributed by atoms with Crippen LogP contribution < -0.4 is 16.2 Å². The van der Waals surface area contributed by atoms with Crippen LogP contribution in [-0.4, -0.2) is 32.7 Å². The molecule has 0 unspecified atom stereocenters. The summed E-state index contributed by atoms with van der Waals surface area (Å²) in [5.74, 6) is 1.10. The van der Waals surface area contributed by atoms with Gasteiger partial charge in [0.05, 0.1) is 22.3 Å². The molecule has 7 nitrogen and oxygen atoms in total. The molecule has 0 amide bonds. The summed E-state index contributed by atoms with van der Waals surface area (Å²) in [4.78, 5) is 20.0. The predicted molar refractivity (Wildman–Crippen MR) is 110 cm³/mol. The maximum atomic E-state index is 12.5. The van der Waals surface area contributed by atoms with Crippen LogP contribution in [0.15, 0.2) is 47.3 Å². The summed E-state index contributed by atoms with van der Waals surface area (Å²) >= 11 is 0. The van der Waals surface area contributed by atoms with Gasteiger partial charge in [0.15, 0.2) is 0 Å². The molecular formula is C21H22N6O. The molecule has 0 radical (unpaired) electrons. The molecule has 0 atom stereocenters. The van der Waals surface area contributed by atoms with E-state index < -0.39 is 0 Å². The van der Waals surface area contributed by atoms with Gasteiger partial charge in [-0.05, 0) is 57.1 Å². The van der Waals surface area contributed by atoms with Gasteiger partial charge in [-0.25, -0.2) is 9.50 Å². The molecule has 142 valence electrons. The van der Waals surface area contributed by atoms with Crippen molar-refractivity contribution in [1.29, 1.82) is 0 Å². The van der Waals surface area contributed by atoms with E-state index in [1.165, 1.54) is 0 Å². The minimum atomic E-state index is -0.0914. The largest absolute Gasteiger partial charge is 0.340 e. The first-order valence-corrected chi connectivity index (χ1v) is 9.65. The van der Waals surface area contributed by atoms with Crippen molar-refractivity contribution in [3.05, 3.63) is 64.2 Å². The Morgan fingerprint density at radius 2 is 1.96 bits per heavy atom. The maximum Gasteiger partial charge on any atom is 0.251 e. The van der Waals surface area contributed by atoms with E-state index in [0.717, 1.165) is 65.4 Å². The molecule has 1 aliphatic heterocycles. The lowest BCUT2D eigenvalue weighted by molar-refractivity contribution is 0.446. The lowest BCUT2D eigenvalue weighted by Crippen LogP contribution is -2.28. The third kappa shape index (κ3) is 2.93. The van der Waals surface area contributed by atoms with Gasteiger partial charge in [0.2, 0.25) is 0 Å². The van der Waals surface area contributed by atoms with Crippen LogP contribution in [0, 0.1) is 6.92 Å². The van der Waals surface area contributed by atoms with E-state index in [2.05, 4.69) is 20.6 Å². The van der Waals surface area contributed by atoms with Crippen molar-refractivity contribution in [2.45, 2.75) is 25.7 Å². The van der Waals surface area contributed by atoms with Gasteiger partial charge in [0, 0.05) is 17.7 Å². The summed E-state index contributed by atoms with van der Waals surface area (Å²) in [6.07, 6.45) is 2.01. The first kappa shape index (κ1) is 16.9. The molecule has 3 N–H and O–H groups in total. The lowest BCUT2D eigenvalue weighted by atomic mass is 9.94. The number of pyridine rings is 1. The molecule has 1 saturated heterocycles. The third-order valence-corrected chi connectivity index (χ3v) is 5.37. The second-order valence-electron chi connectivity index (χ2n) is 7.33. The van der Waals surface area contributed by atoms with E-state index in [0.29, 0.717) is 5.92 Å². The Kier molecular flexibility index (Phi) is 4.09. The van der Waals surface area contributed by atoms with Crippen molar-refractivity contribution in [2.75, 3.05) is 18.4 Å². The van der Waals surface area contributed by atoms with Crippen LogP contribution in [-0.2, 0) is 0 Å². The van der Waals surface area contributed by atoms with Crippen LogP contribution in [0.25, 0.3) is 16.6 Å². The van der Waals surface area contributed by atoms with Crippen molar-refractivity contribution >= 4 is 28.1 Å². The maximum absolute atomic E-state index is 12.5. The van der Waals surface area contributed by atoms with Gasteiger partial charge < -0.3 is 15.6 Å². The molecule has 3 aromatic heterocycles. The number of piperidine rings is 1. The number of anilines is 2. The molecule has 0 bridgehead atoms. The highest BCUT2D eigenvalue weighted by molar-refractivity contribution is 6.03. The highest BCUT2D eigenvalue weighted by atomic mass is 16.1. The Labute approximate surface area is 161 Å². The van der Waals surface area contributed by atoms with Crippen molar-refractivity contribution in [1.82, 2.24) is 24.9 Å². The molecule has 28 heavy (non-hydrogen) atoms. The van der Waals surface area contributed by atoms with Gasteiger partial charge in [-0.1, -0.05) is 12.1 Å². The first-order chi connectivity index (χ1) is 13.7. The number of hydrogen-bond donors (Lipinski definition) is 3. The van der Waals surface area contributed by atoms with Crippen molar-refractivity contribution in [2.24, 2.45) is 0 Å². The molecule has 5 rings (SSSR count). The highest BCUT2D eigenvalue weighted by Gasteiger charge is 2.21. The van der Waals surface area contributed by atoms with Crippen LogP contribution >= 0.6 is 0 Å². The molecule has 0 aliphatic carbocycles. The topological polar surface area (TPSA) is 87.1 Å². The lowest BCUT2D eigenvalue weighted by Gasteiger charge is -2.23. The Morgan fingerprint density at radius 1 is 1.14 bits per heavy atom. The zero-order chi connectivity index (χ0) is 19.1. The van der Waals surface area contributed by atoms with Gasteiger partial charge >= 0.3 is 0 Å². The Bertz CT molecular complexity index is 1220. The number of benzene rings is 1. The fourth-order valence-electron chi connectivity index (χ4n) is 4.05. The zero-order valence-corrected chi connectivity index (χ0v) is 15.7. The normalized spacial score (nSPS) is 15.3. The van der Waals surface area contributed by atoms with Gasteiger partial charge in [0.25, 0.3) is 5.56 Å². The number of nitrogens with zero attached hydrogens (tertiary/aromatic N) is 3. The highest BCUT2D eigenvalue weighted by Crippen LogP contribution is 2.31. The minimum absolute atomic E-state index is 0.0914. The molecule has 4 aromatic rings. The molecule has 7 heteroatoms. The standard InChI is InChI=1S/C21H22N6O/c1-13-4-2-7-18(23-13)24-15-5-3-6-16-20(15)21-25-19(28)12-17(27(21)26-16)14-8-10-22-11-9-14/h2-7,12,14,22H,8-11H2,1H3,(H,23,24)(H,25,28). The average molecular weight is 374 g/mol. The van der Waals surface area contributed by atoms with E-state index in [4.69, 9.17) is 5.10 Å². The fourth-order valence-corrected chi connectivity index (χ4v) is 4.05. The third-order valence-electron chi connectivity index (χ3n) is 5.37. The molecule has 1 aromatic carbocycles. The zero-order valence-electron chi connectivity index (χ0n) is 15.7. The second-order valence-corrected chi connectivity index (χ2v) is 7.33. The smallest absolute Gasteiger partial charge is 0.251 e. The van der Waals surface area contributed by atoms with E-state index in [1.54, 1.807) is 6.07 Å². The average Bonchev–Trinajstić information content (AvgIpc) is 3.07.